The maximum absolute atomic E-state index is 12.9. The number of carbonyl (C=O) groups is 2. The van der Waals surface area contributed by atoms with Gasteiger partial charge in [0.1, 0.15) is 0 Å². The van der Waals surface area contributed by atoms with Gasteiger partial charge in [0.2, 0.25) is 0 Å². The molecular weight excluding hydrogens is 312 g/mol. The first kappa shape index (κ1) is 16.9. The number of rotatable bonds is 5. The average molecular weight is 332 g/mol. The lowest BCUT2D eigenvalue weighted by atomic mass is 9.94. The Morgan fingerprint density at radius 2 is 1.64 bits per heavy atom. The molecule has 3 aromatic carbocycles. The Balaban J connectivity index is 2.06. The first-order valence-corrected chi connectivity index (χ1v) is 8.21. The molecule has 0 radical (unpaired) electrons. The molecule has 0 aliphatic heterocycles. The van der Waals surface area contributed by atoms with Gasteiger partial charge in [0.25, 0.3) is 5.91 Å². The van der Waals surface area contributed by atoms with Gasteiger partial charge in [-0.2, -0.15) is 0 Å². The Morgan fingerprint density at radius 1 is 0.960 bits per heavy atom. The van der Waals surface area contributed by atoms with Crippen molar-refractivity contribution < 1.29 is 9.59 Å². The number of fused-ring (bicyclic) bond motifs is 1. The predicted molar refractivity (Wildman–Crippen MR) is 101 cm³/mol. The van der Waals surface area contributed by atoms with Crippen molar-refractivity contribution in [2.24, 2.45) is 5.73 Å². The van der Waals surface area contributed by atoms with E-state index >= 15 is 0 Å². The zero-order valence-electron chi connectivity index (χ0n) is 14.0. The molecule has 1 unspecified atom stereocenters. The molecule has 3 aromatic rings. The molecule has 4 nitrogen and oxygen atoms in total. The van der Waals surface area contributed by atoms with Crippen LogP contribution >= 0.6 is 0 Å². The number of anilines is 1. The molecule has 3 N–H and O–H groups in total. The zero-order valence-corrected chi connectivity index (χ0v) is 14.0. The highest BCUT2D eigenvalue weighted by Gasteiger charge is 2.19. The third kappa shape index (κ3) is 3.75. The number of para-hydroxylation sites is 1. The number of hydrogen-bond donors (Lipinski definition) is 2. The molecule has 25 heavy (non-hydrogen) atoms. The normalized spacial score (nSPS) is 11.9. The standard InChI is InChI=1S/C21H20N2O2/c1-14(22)19(24)13-16-12-11-15-7-5-6-10-18(15)20(16)21(25)23-17-8-3-2-4-9-17/h2-12,14H,13,22H2,1H3,(H,23,25). The van der Waals surface area contributed by atoms with Gasteiger partial charge >= 0.3 is 0 Å². The first-order chi connectivity index (χ1) is 12.1. The van der Waals surface area contributed by atoms with Crippen molar-refractivity contribution in [3.8, 4) is 0 Å². The fourth-order valence-electron chi connectivity index (χ4n) is 2.80. The van der Waals surface area contributed by atoms with Crippen molar-refractivity contribution in [3.05, 3.63) is 77.9 Å². The summed E-state index contributed by atoms with van der Waals surface area (Å²) >= 11 is 0. The van der Waals surface area contributed by atoms with Gasteiger partial charge in [-0.3, -0.25) is 9.59 Å². The summed E-state index contributed by atoms with van der Waals surface area (Å²) in [5, 5.41) is 4.69. The minimum absolute atomic E-state index is 0.0935. The summed E-state index contributed by atoms with van der Waals surface area (Å²) < 4.78 is 0. The number of ketones is 1. The van der Waals surface area contributed by atoms with Gasteiger partial charge in [-0.25, -0.2) is 0 Å². The van der Waals surface area contributed by atoms with Gasteiger partial charge in [-0.05, 0) is 35.4 Å². The molecule has 0 aromatic heterocycles. The number of carbonyl (C=O) groups excluding carboxylic acids is 2. The highest BCUT2D eigenvalue weighted by atomic mass is 16.1. The highest BCUT2D eigenvalue weighted by Crippen LogP contribution is 2.24. The third-order valence-electron chi connectivity index (χ3n) is 4.15. The van der Waals surface area contributed by atoms with Crippen molar-refractivity contribution in [3.63, 3.8) is 0 Å². The molecule has 0 fully saturated rings. The van der Waals surface area contributed by atoms with E-state index in [-0.39, 0.29) is 18.1 Å². The summed E-state index contributed by atoms with van der Waals surface area (Å²) in [6.07, 6.45) is 0.139. The smallest absolute Gasteiger partial charge is 0.256 e. The predicted octanol–water partition coefficient (Wildman–Crippen LogP) is 3.55. The average Bonchev–Trinajstić information content (AvgIpc) is 2.62. The van der Waals surface area contributed by atoms with E-state index in [1.54, 1.807) is 6.92 Å². The van der Waals surface area contributed by atoms with E-state index < -0.39 is 6.04 Å². The Labute approximate surface area is 146 Å². The van der Waals surface area contributed by atoms with Crippen molar-refractivity contribution in [1.82, 2.24) is 0 Å². The fraction of sp³-hybridized carbons (Fsp3) is 0.143. The molecule has 0 saturated carbocycles. The lowest BCUT2D eigenvalue weighted by molar-refractivity contribution is -0.119. The summed E-state index contributed by atoms with van der Waals surface area (Å²) in [5.41, 5.74) is 7.62. The third-order valence-corrected chi connectivity index (χ3v) is 4.15. The second-order valence-corrected chi connectivity index (χ2v) is 6.07. The summed E-state index contributed by atoms with van der Waals surface area (Å²) in [6.45, 7) is 1.66. The Bertz CT molecular complexity index is 918. The van der Waals surface area contributed by atoms with Crippen LogP contribution in [0.5, 0.6) is 0 Å². The summed E-state index contributed by atoms with van der Waals surface area (Å²) in [4.78, 5) is 25.1. The van der Waals surface area contributed by atoms with Gasteiger partial charge in [-0.15, -0.1) is 0 Å². The molecule has 0 spiro atoms. The van der Waals surface area contributed by atoms with E-state index in [1.165, 1.54) is 0 Å². The van der Waals surface area contributed by atoms with Crippen LogP contribution in [0.4, 0.5) is 5.69 Å². The lowest BCUT2D eigenvalue weighted by Crippen LogP contribution is -2.29. The van der Waals surface area contributed by atoms with Crippen LogP contribution < -0.4 is 11.1 Å². The highest BCUT2D eigenvalue weighted by molar-refractivity contribution is 6.14. The van der Waals surface area contributed by atoms with Crippen LogP contribution in [0, 0.1) is 0 Å². The van der Waals surface area contributed by atoms with Gasteiger partial charge in [0.05, 0.1) is 11.6 Å². The van der Waals surface area contributed by atoms with Crippen molar-refractivity contribution >= 4 is 28.2 Å². The fourth-order valence-corrected chi connectivity index (χ4v) is 2.80. The molecule has 1 atom stereocenters. The number of amides is 1. The molecule has 0 heterocycles. The summed E-state index contributed by atoms with van der Waals surface area (Å²) in [5.74, 6) is -0.320. The minimum Gasteiger partial charge on any atom is -0.322 e. The molecule has 3 rings (SSSR count). The molecular formula is C21H20N2O2. The maximum atomic E-state index is 12.9. The number of Topliss-reactive ketones (excluding diaryl/α,β-unsaturated/α-hetero) is 1. The minimum atomic E-state index is -0.559. The number of nitrogens with two attached hydrogens (primary N) is 1. The monoisotopic (exact) mass is 332 g/mol. The molecule has 1 amide bonds. The number of benzene rings is 3. The lowest BCUT2D eigenvalue weighted by Gasteiger charge is -2.14. The van der Waals surface area contributed by atoms with Crippen LogP contribution in [0.15, 0.2) is 66.7 Å². The van der Waals surface area contributed by atoms with Crippen LogP contribution in [-0.4, -0.2) is 17.7 Å². The van der Waals surface area contributed by atoms with Gasteiger partial charge in [0.15, 0.2) is 5.78 Å². The van der Waals surface area contributed by atoms with Gasteiger partial charge < -0.3 is 11.1 Å². The quantitative estimate of drug-likeness (QED) is 0.750. The van der Waals surface area contributed by atoms with Gasteiger partial charge in [-0.1, -0.05) is 54.6 Å². The van der Waals surface area contributed by atoms with Crippen LogP contribution in [-0.2, 0) is 11.2 Å². The number of hydrogen-bond acceptors (Lipinski definition) is 3. The second kappa shape index (κ2) is 7.28. The van der Waals surface area contributed by atoms with E-state index in [0.717, 1.165) is 10.8 Å². The zero-order chi connectivity index (χ0) is 17.8. The van der Waals surface area contributed by atoms with E-state index in [9.17, 15) is 9.59 Å². The van der Waals surface area contributed by atoms with Crippen molar-refractivity contribution in [1.29, 1.82) is 0 Å². The molecule has 0 bridgehead atoms. The summed E-state index contributed by atoms with van der Waals surface area (Å²) in [7, 11) is 0. The topological polar surface area (TPSA) is 72.2 Å². The molecule has 0 aliphatic carbocycles. The van der Waals surface area contributed by atoms with Crippen molar-refractivity contribution in [2.75, 3.05) is 5.32 Å². The Hall–Kier alpha value is -2.98. The van der Waals surface area contributed by atoms with E-state index in [2.05, 4.69) is 5.32 Å². The summed E-state index contributed by atoms with van der Waals surface area (Å²) in [6, 6.07) is 20.1. The molecule has 126 valence electrons. The first-order valence-electron chi connectivity index (χ1n) is 8.21. The van der Waals surface area contributed by atoms with Crippen LogP contribution in [0.3, 0.4) is 0 Å². The van der Waals surface area contributed by atoms with E-state index in [0.29, 0.717) is 16.8 Å². The van der Waals surface area contributed by atoms with Crippen LogP contribution in [0.2, 0.25) is 0 Å². The second-order valence-electron chi connectivity index (χ2n) is 6.07. The molecule has 4 heteroatoms. The SMILES string of the molecule is CC(N)C(=O)Cc1ccc2ccccc2c1C(=O)Nc1ccccc1. The Morgan fingerprint density at radius 3 is 2.36 bits per heavy atom. The van der Waals surface area contributed by atoms with E-state index in [4.69, 9.17) is 5.73 Å². The van der Waals surface area contributed by atoms with Crippen molar-refractivity contribution in [2.45, 2.75) is 19.4 Å². The van der Waals surface area contributed by atoms with Gasteiger partial charge in [0, 0.05) is 12.1 Å². The maximum Gasteiger partial charge on any atom is 0.256 e. The van der Waals surface area contributed by atoms with E-state index in [1.807, 2.05) is 66.7 Å². The number of nitrogens with one attached hydrogen (secondary N) is 1. The van der Waals surface area contributed by atoms with Crippen LogP contribution in [0.25, 0.3) is 10.8 Å². The largest absolute Gasteiger partial charge is 0.322 e. The van der Waals surface area contributed by atoms with Crippen LogP contribution in [0.1, 0.15) is 22.8 Å². The molecule has 0 saturated heterocycles. The Kier molecular flexibility index (Phi) is 4.91. The molecule has 0 aliphatic rings.